The summed E-state index contributed by atoms with van der Waals surface area (Å²) in [6.45, 7) is 2.18. The highest BCUT2D eigenvalue weighted by atomic mass is 16.4. The van der Waals surface area contributed by atoms with Crippen molar-refractivity contribution in [2.75, 3.05) is 5.32 Å². The first kappa shape index (κ1) is 14.6. The minimum absolute atomic E-state index is 0.184. The first-order valence-corrected chi connectivity index (χ1v) is 7.24. The summed E-state index contributed by atoms with van der Waals surface area (Å²) in [7, 11) is 0. The standard InChI is InChI=1S/C16H21NO3/c1-2-3-4-5-11-6-8-12(9-7-11)17-15(18)13-10-14(13)16(19)20/h6-9,13-14H,2-5,10H2,1H3,(H,17,18)(H,19,20). The lowest BCUT2D eigenvalue weighted by molar-refractivity contribution is -0.139. The second kappa shape index (κ2) is 6.55. The molecule has 1 saturated carbocycles. The van der Waals surface area contributed by atoms with Crippen molar-refractivity contribution in [2.45, 2.75) is 39.0 Å². The number of carbonyl (C=O) groups is 2. The molecule has 4 heteroatoms. The molecule has 20 heavy (non-hydrogen) atoms. The van der Waals surface area contributed by atoms with Crippen LogP contribution >= 0.6 is 0 Å². The molecule has 1 aromatic rings. The van der Waals surface area contributed by atoms with Crippen molar-refractivity contribution >= 4 is 17.6 Å². The lowest BCUT2D eigenvalue weighted by atomic mass is 10.1. The molecule has 2 unspecified atom stereocenters. The Balaban J connectivity index is 1.82. The number of rotatable bonds is 7. The van der Waals surface area contributed by atoms with Crippen molar-refractivity contribution < 1.29 is 14.7 Å². The highest BCUT2D eigenvalue weighted by Gasteiger charge is 2.48. The maximum Gasteiger partial charge on any atom is 0.307 e. The fraction of sp³-hybridized carbons (Fsp3) is 0.500. The van der Waals surface area contributed by atoms with E-state index in [0.29, 0.717) is 6.42 Å². The highest BCUT2D eigenvalue weighted by Crippen LogP contribution is 2.39. The van der Waals surface area contributed by atoms with Crippen LogP contribution in [0, 0.1) is 11.8 Å². The molecule has 4 nitrogen and oxygen atoms in total. The molecule has 2 rings (SSSR count). The van der Waals surface area contributed by atoms with E-state index in [2.05, 4.69) is 12.2 Å². The van der Waals surface area contributed by atoms with Crippen LogP contribution < -0.4 is 5.32 Å². The zero-order chi connectivity index (χ0) is 14.5. The van der Waals surface area contributed by atoms with Crippen LogP contribution in [0.1, 0.15) is 38.2 Å². The monoisotopic (exact) mass is 275 g/mol. The maximum absolute atomic E-state index is 11.8. The largest absolute Gasteiger partial charge is 0.481 e. The summed E-state index contributed by atoms with van der Waals surface area (Å²) < 4.78 is 0. The third kappa shape index (κ3) is 3.83. The van der Waals surface area contributed by atoms with Crippen LogP contribution in [0.15, 0.2) is 24.3 Å². The van der Waals surface area contributed by atoms with Crippen LogP contribution in [0.25, 0.3) is 0 Å². The zero-order valence-electron chi connectivity index (χ0n) is 11.8. The molecule has 1 aromatic carbocycles. The van der Waals surface area contributed by atoms with Crippen LogP contribution in [-0.2, 0) is 16.0 Å². The predicted molar refractivity (Wildman–Crippen MR) is 77.5 cm³/mol. The molecule has 0 aromatic heterocycles. The van der Waals surface area contributed by atoms with Crippen molar-refractivity contribution in [3.05, 3.63) is 29.8 Å². The number of carbonyl (C=O) groups excluding carboxylic acids is 1. The Morgan fingerprint density at radius 2 is 1.90 bits per heavy atom. The SMILES string of the molecule is CCCCCc1ccc(NC(=O)C2CC2C(=O)O)cc1. The number of hydrogen-bond donors (Lipinski definition) is 2. The van der Waals surface area contributed by atoms with Gasteiger partial charge in [0.2, 0.25) is 5.91 Å². The van der Waals surface area contributed by atoms with Gasteiger partial charge in [-0.15, -0.1) is 0 Å². The highest BCUT2D eigenvalue weighted by molar-refractivity contribution is 5.98. The molecular weight excluding hydrogens is 254 g/mol. The van der Waals surface area contributed by atoms with Crippen LogP contribution in [0.5, 0.6) is 0 Å². The van der Waals surface area contributed by atoms with E-state index < -0.39 is 11.9 Å². The minimum Gasteiger partial charge on any atom is -0.481 e. The summed E-state index contributed by atoms with van der Waals surface area (Å²) >= 11 is 0. The molecule has 1 fully saturated rings. The molecule has 0 spiro atoms. The summed E-state index contributed by atoms with van der Waals surface area (Å²) in [6, 6.07) is 7.81. The van der Waals surface area contributed by atoms with E-state index >= 15 is 0 Å². The molecule has 1 aliphatic rings. The molecule has 1 aliphatic carbocycles. The van der Waals surface area contributed by atoms with Crippen molar-refractivity contribution in [3.8, 4) is 0 Å². The van der Waals surface area contributed by atoms with Crippen molar-refractivity contribution in [1.82, 2.24) is 0 Å². The van der Waals surface area contributed by atoms with E-state index in [1.807, 2.05) is 24.3 Å². The predicted octanol–water partition coefficient (Wildman–Crippen LogP) is 3.08. The third-order valence-corrected chi connectivity index (χ3v) is 3.73. The Labute approximate surface area is 119 Å². The fourth-order valence-electron chi connectivity index (χ4n) is 2.33. The lowest BCUT2D eigenvalue weighted by Gasteiger charge is -2.06. The minimum atomic E-state index is -0.878. The number of aryl methyl sites for hydroxylation is 1. The van der Waals surface area contributed by atoms with Crippen molar-refractivity contribution in [2.24, 2.45) is 11.8 Å². The van der Waals surface area contributed by atoms with Crippen LogP contribution in [0.4, 0.5) is 5.69 Å². The summed E-state index contributed by atoms with van der Waals surface area (Å²) in [5, 5.41) is 11.6. The van der Waals surface area contributed by atoms with E-state index in [9.17, 15) is 9.59 Å². The second-order valence-electron chi connectivity index (χ2n) is 5.43. The number of aliphatic carboxylic acids is 1. The molecule has 0 bridgehead atoms. The number of unbranched alkanes of at least 4 members (excludes halogenated alkanes) is 2. The first-order chi connectivity index (χ1) is 9.61. The van der Waals surface area contributed by atoms with Gasteiger partial charge in [0, 0.05) is 5.69 Å². The molecule has 2 atom stereocenters. The first-order valence-electron chi connectivity index (χ1n) is 7.24. The summed E-state index contributed by atoms with van der Waals surface area (Å²) in [4.78, 5) is 22.5. The third-order valence-electron chi connectivity index (χ3n) is 3.73. The van der Waals surface area contributed by atoms with Crippen molar-refractivity contribution in [3.63, 3.8) is 0 Å². The quantitative estimate of drug-likeness (QED) is 0.751. The number of anilines is 1. The molecule has 0 saturated heterocycles. The van der Waals surface area contributed by atoms with Gasteiger partial charge in [-0.05, 0) is 37.0 Å². The van der Waals surface area contributed by atoms with Crippen LogP contribution in [-0.4, -0.2) is 17.0 Å². The van der Waals surface area contributed by atoms with Gasteiger partial charge in [0.15, 0.2) is 0 Å². The normalized spacial score (nSPS) is 20.4. The van der Waals surface area contributed by atoms with Gasteiger partial charge in [0.25, 0.3) is 0 Å². The van der Waals surface area contributed by atoms with Gasteiger partial charge in [0.05, 0.1) is 11.8 Å². The number of nitrogens with one attached hydrogen (secondary N) is 1. The topological polar surface area (TPSA) is 66.4 Å². The summed E-state index contributed by atoms with van der Waals surface area (Å²) in [6.07, 6.45) is 5.14. The molecule has 1 amide bonds. The maximum atomic E-state index is 11.8. The molecule has 0 aliphatic heterocycles. The molecule has 0 radical (unpaired) electrons. The molecular formula is C16H21NO3. The number of amides is 1. The van der Waals surface area contributed by atoms with Gasteiger partial charge in [-0.1, -0.05) is 31.9 Å². The summed E-state index contributed by atoms with van der Waals surface area (Å²) in [5.74, 6) is -1.92. The number of carboxylic acids is 1. The van der Waals surface area contributed by atoms with E-state index in [1.165, 1.54) is 24.8 Å². The van der Waals surface area contributed by atoms with Gasteiger partial charge in [-0.3, -0.25) is 9.59 Å². The Hall–Kier alpha value is -1.84. The van der Waals surface area contributed by atoms with Gasteiger partial charge < -0.3 is 10.4 Å². The second-order valence-corrected chi connectivity index (χ2v) is 5.43. The van der Waals surface area contributed by atoms with Crippen LogP contribution in [0.2, 0.25) is 0 Å². The Kier molecular flexibility index (Phi) is 4.77. The van der Waals surface area contributed by atoms with E-state index in [4.69, 9.17) is 5.11 Å². The summed E-state index contributed by atoms with van der Waals surface area (Å²) in [5.41, 5.74) is 2.01. The van der Waals surface area contributed by atoms with Gasteiger partial charge in [-0.2, -0.15) is 0 Å². The molecule has 0 heterocycles. The van der Waals surface area contributed by atoms with Gasteiger partial charge in [0.1, 0.15) is 0 Å². The number of benzene rings is 1. The lowest BCUT2D eigenvalue weighted by Crippen LogP contribution is -2.16. The van der Waals surface area contributed by atoms with Crippen LogP contribution in [0.3, 0.4) is 0 Å². The average molecular weight is 275 g/mol. The Morgan fingerprint density at radius 3 is 2.45 bits per heavy atom. The Bertz CT molecular complexity index is 481. The zero-order valence-corrected chi connectivity index (χ0v) is 11.8. The Morgan fingerprint density at radius 1 is 1.20 bits per heavy atom. The van der Waals surface area contributed by atoms with Crippen molar-refractivity contribution in [1.29, 1.82) is 0 Å². The van der Waals surface area contributed by atoms with Gasteiger partial charge in [-0.25, -0.2) is 0 Å². The van der Waals surface area contributed by atoms with Gasteiger partial charge >= 0.3 is 5.97 Å². The number of carboxylic acid groups (broad SMARTS) is 1. The average Bonchev–Trinajstić information content (AvgIpc) is 3.21. The number of hydrogen-bond acceptors (Lipinski definition) is 2. The van der Waals surface area contributed by atoms with E-state index in [-0.39, 0.29) is 11.8 Å². The van der Waals surface area contributed by atoms with E-state index in [0.717, 1.165) is 12.1 Å². The fourth-order valence-corrected chi connectivity index (χ4v) is 2.33. The smallest absolute Gasteiger partial charge is 0.307 e. The molecule has 2 N–H and O–H groups in total. The molecule has 108 valence electrons. The van der Waals surface area contributed by atoms with E-state index in [1.54, 1.807) is 0 Å².